The maximum Gasteiger partial charge on any atom is 0.102 e. The van der Waals surface area contributed by atoms with Gasteiger partial charge < -0.3 is 24.2 Å². The summed E-state index contributed by atoms with van der Waals surface area (Å²) in [6.07, 6.45) is 0. The molecule has 0 nitrogen and oxygen atoms in total. The molecule has 0 amide bonds. The average molecular weight is 1410 g/mol. The van der Waals surface area contributed by atoms with Crippen LogP contribution in [-0.4, -0.2) is 14.4 Å². The van der Waals surface area contributed by atoms with E-state index in [0.29, 0.717) is 0 Å². The standard InChI is InChI=1S/2C21H21SSi.2C18H15P.2Ag/c2*1-16-10-4-7-13-19(16)23(22,20-14-8-5-11-17(20)2)21-15-9-6-12-18(21)3;2*1-4-10-16(11-5-1)19(17-12-6-2-7-13-17)18-14-8-3-9-15-18;;/h2*4-15H,1-3H3;2*1-15H;;/q2*-1;;;;/p+2. The Morgan fingerprint density at radius 2 is 0.302 bits per heavy atom. The number of benzene rings is 12. The van der Waals surface area contributed by atoms with E-state index in [-0.39, 0.29) is 44.8 Å². The summed E-state index contributed by atoms with van der Waals surface area (Å²) in [5, 5.41) is 16.6. The SMILES string of the molecule is Cc1ccccc1[Si]([S-])(c1ccccc1C)c1ccccc1C.Cc1ccccc1[Si]([S-])(c1ccccc1C)c1ccccc1C.[Ag].[Ag].c1ccc([PH+](c2ccccc2)c2ccccc2)cc1.c1ccc([PH+](c2ccccc2)c2ccccc2)cc1. The van der Waals surface area contributed by atoms with Gasteiger partial charge >= 0.3 is 0 Å². The number of rotatable bonds is 12. The monoisotopic (exact) mass is 1410 g/mol. The van der Waals surface area contributed by atoms with Gasteiger partial charge in [-0.2, -0.15) is 0 Å². The largest absolute Gasteiger partial charge is 0.782 e. The van der Waals surface area contributed by atoms with Crippen LogP contribution in [0, 0.1) is 41.5 Å². The Bertz CT molecular complexity index is 3300. The Hall–Kier alpha value is -5.89. The van der Waals surface area contributed by atoms with E-state index in [9.17, 15) is 0 Å². The molecule has 0 unspecified atom stereocenters. The van der Waals surface area contributed by atoms with E-state index in [4.69, 9.17) is 24.2 Å². The van der Waals surface area contributed by atoms with E-state index >= 15 is 0 Å². The van der Waals surface area contributed by atoms with E-state index < -0.39 is 30.3 Å². The summed E-state index contributed by atoms with van der Waals surface area (Å²) < 4.78 is 0. The quantitative estimate of drug-likeness (QED) is 0.0517. The number of aryl methyl sites for hydroxylation is 6. The fourth-order valence-corrected chi connectivity index (χ4v) is 28.1. The minimum atomic E-state index is -2.43. The van der Waals surface area contributed by atoms with Crippen LogP contribution in [0.15, 0.2) is 328 Å². The van der Waals surface area contributed by atoms with Crippen LogP contribution in [0.4, 0.5) is 0 Å². The maximum atomic E-state index is 6.50. The van der Waals surface area contributed by atoms with Gasteiger partial charge in [-0.25, -0.2) is 0 Å². The second-order valence-electron chi connectivity index (χ2n) is 21.2. The summed E-state index contributed by atoms with van der Waals surface area (Å²) in [6.45, 7) is 13.1. The molecular weight excluding hydrogens is 1330 g/mol. The summed E-state index contributed by atoms with van der Waals surface area (Å²) in [5.74, 6) is 0. The van der Waals surface area contributed by atoms with E-state index in [2.05, 4.69) is 369 Å². The van der Waals surface area contributed by atoms with Crippen LogP contribution < -0.4 is 62.9 Å². The van der Waals surface area contributed by atoms with Crippen LogP contribution in [0.1, 0.15) is 33.4 Å². The third-order valence-electron chi connectivity index (χ3n) is 15.5. The van der Waals surface area contributed by atoms with Gasteiger partial charge in [0.15, 0.2) is 0 Å². The van der Waals surface area contributed by atoms with Crippen molar-refractivity contribution in [1.29, 1.82) is 0 Å². The van der Waals surface area contributed by atoms with Crippen molar-refractivity contribution in [3.05, 3.63) is 361 Å². The zero-order valence-electron chi connectivity index (χ0n) is 49.6. The molecule has 0 aliphatic carbocycles. The van der Waals surface area contributed by atoms with Crippen molar-refractivity contribution in [2.45, 2.75) is 41.5 Å². The van der Waals surface area contributed by atoms with Gasteiger partial charge in [0.25, 0.3) is 0 Å². The number of hydrogen-bond donors (Lipinski definition) is 0. The molecule has 0 fully saturated rings. The Kier molecular flexibility index (Phi) is 26.3. The predicted molar refractivity (Wildman–Crippen MR) is 384 cm³/mol. The van der Waals surface area contributed by atoms with E-state index in [1.807, 2.05) is 0 Å². The van der Waals surface area contributed by atoms with Gasteiger partial charge in [0.05, 0.1) is 15.8 Å². The maximum absolute atomic E-state index is 6.50. The molecule has 12 rings (SSSR count). The minimum Gasteiger partial charge on any atom is -0.782 e. The summed E-state index contributed by atoms with van der Waals surface area (Å²) in [4.78, 5) is 0. The fourth-order valence-electron chi connectivity index (χ4n) is 11.3. The smallest absolute Gasteiger partial charge is 0.102 e. The third-order valence-corrected chi connectivity index (χ3v) is 32.9. The third kappa shape index (κ3) is 16.4. The minimum absolute atomic E-state index is 0. The zero-order chi connectivity index (χ0) is 58.7. The molecule has 0 saturated carbocycles. The molecule has 0 bridgehead atoms. The van der Waals surface area contributed by atoms with Crippen molar-refractivity contribution in [3.63, 3.8) is 0 Å². The van der Waals surface area contributed by atoms with Gasteiger partial charge in [-0.05, 0) is 114 Å². The van der Waals surface area contributed by atoms with E-state index in [1.54, 1.807) is 0 Å². The molecule has 0 saturated heterocycles. The normalized spacial score (nSPS) is 10.8. The molecule has 0 aliphatic heterocycles. The van der Waals surface area contributed by atoms with Crippen LogP contribution in [0.2, 0.25) is 0 Å². The van der Waals surface area contributed by atoms with Crippen molar-refractivity contribution in [2.24, 2.45) is 0 Å². The van der Waals surface area contributed by atoms with Gasteiger partial charge in [0, 0.05) is 59.2 Å². The summed E-state index contributed by atoms with van der Waals surface area (Å²) in [5.41, 5.74) is 7.75. The molecule has 2 radical (unpaired) electrons. The molecule has 438 valence electrons. The van der Waals surface area contributed by atoms with Crippen LogP contribution in [0.25, 0.3) is 0 Å². The van der Waals surface area contributed by atoms with Crippen molar-refractivity contribution in [2.75, 3.05) is 0 Å². The molecule has 12 aromatic rings. The van der Waals surface area contributed by atoms with Gasteiger partial charge in [-0.1, -0.05) is 319 Å². The van der Waals surface area contributed by atoms with Crippen LogP contribution in [0.5, 0.6) is 0 Å². The van der Waals surface area contributed by atoms with Crippen LogP contribution >= 0.6 is 15.8 Å². The van der Waals surface area contributed by atoms with Gasteiger partial charge in [0.1, 0.15) is 31.8 Å². The zero-order valence-corrected chi connectivity index (χ0v) is 58.2. The summed E-state index contributed by atoms with van der Waals surface area (Å²) in [6, 6.07) is 117. The Balaban J connectivity index is 0.000000163. The Morgan fingerprint density at radius 1 is 0.186 bits per heavy atom. The molecule has 86 heavy (non-hydrogen) atoms. The van der Waals surface area contributed by atoms with Crippen molar-refractivity contribution in [3.8, 4) is 0 Å². The first-order chi connectivity index (χ1) is 41.0. The second kappa shape index (κ2) is 33.5. The van der Waals surface area contributed by atoms with Crippen molar-refractivity contribution < 1.29 is 44.8 Å². The molecule has 0 aromatic heterocycles. The average Bonchev–Trinajstić information content (AvgIpc) is 1.14. The molecular formula is C78H74Ag2P2S2Si2. The summed E-state index contributed by atoms with van der Waals surface area (Å²) in [7, 11) is -6.61. The van der Waals surface area contributed by atoms with E-state index in [0.717, 1.165) is 0 Å². The molecule has 0 atom stereocenters. The first-order valence-electron chi connectivity index (χ1n) is 28.8. The van der Waals surface area contributed by atoms with Crippen molar-refractivity contribution in [1.82, 2.24) is 0 Å². The molecule has 12 aromatic carbocycles. The summed E-state index contributed by atoms with van der Waals surface area (Å²) >= 11 is 13.0. The van der Waals surface area contributed by atoms with Crippen LogP contribution in [0.3, 0.4) is 0 Å². The Labute approximate surface area is 559 Å². The first kappa shape index (κ1) is 67.6. The fraction of sp³-hybridized carbons (Fsp3) is 0.0769. The molecule has 0 N–H and O–H groups in total. The number of hydrogen-bond acceptors (Lipinski definition) is 2. The molecule has 0 heterocycles. The molecule has 8 heteroatoms. The predicted octanol–water partition coefficient (Wildman–Crippen LogP) is 12.6. The van der Waals surface area contributed by atoms with Gasteiger partial charge in [0.2, 0.25) is 0 Å². The van der Waals surface area contributed by atoms with Crippen LogP contribution in [-0.2, 0) is 68.9 Å². The van der Waals surface area contributed by atoms with Gasteiger partial charge in [-0.15, -0.1) is 0 Å². The van der Waals surface area contributed by atoms with Crippen molar-refractivity contribution >= 4 is 117 Å². The van der Waals surface area contributed by atoms with E-state index in [1.165, 1.54) is 96.3 Å². The topological polar surface area (TPSA) is 0 Å². The Morgan fingerprint density at radius 3 is 0.430 bits per heavy atom. The molecule has 0 aliphatic rings. The second-order valence-corrected chi connectivity index (χ2v) is 35.8. The molecule has 0 spiro atoms. The first-order valence-corrected chi connectivity index (χ1v) is 38.1. The van der Waals surface area contributed by atoms with Gasteiger partial charge in [-0.3, -0.25) is 0 Å².